The van der Waals surface area contributed by atoms with E-state index in [1.165, 1.54) is 6.92 Å². The van der Waals surface area contributed by atoms with Gasteiger partial charge in [0.1, 0.15) is 6.04 Å². The van der Waals surface area contributed by atoms with Gasteiger partial charge in [0.25, 0.3) is 0 Å². The molecule has 1 unspecified atom stereocenters. The van der Waals surface area contributed by atoms with Crippen molar-refractivity contribution in [3.05, 3.63) is 23.3 Å². The largest absolute Gasteiger partial charge is 0.480 e. The van der Waals surface area contributed by atoms with Crippen molar-refractivity contribution in [3.8, 4) is 0 Å². The number of carbonyl (C=O) groups excluding carboxylic acids is 1. The van der Waals surface area contributed by atoms with Gasteiger partial charge in [0.15, 0.2) is 0 Å². The Morgan fingerprint density at radius 3 is 2.78 bits per heavy atom. The summed E-state index contributed by atoms with van der Waals surface area (Å²) in [5.74, 6) is -0.984. The second-order valence-corrected chi connectivity index (χ2v) is 4.44. The van der Waals surface area contributed by atoms with Crippen LogP contribution >= 0.6 is 0 Å². The molecule has 5 heteroatoms. The molecule has 96 valence electrons. The van der Waals surface area contributed by atoms with Gasteiger partial charge >= 0.3 is 5.97 Å². The van der Waals surface area contributed by atoms with Gasteiger partial charge in [0.05, 0.1) is 0 Å². The Labute approximate surface area is 105 Å². The highest BCUT2D eigenvalue weighted by Gasteiger charge is 2.27. The molecule has 1 aromatic rings. The molecule has 18 heavy (non-hydrogen) atoms. The fourth-order valence-corrected chi connectivity index (χ4v) is 2.21. The Morgan fingerprint density at radius 1 is 1.50 bits per heavy atom. The maximum Gasteiger partial charge on any atom is 0.326 e. The number of rotatable bonds is 3. The number of nitrogens with one attached hydrogen (secondary N) is 2. The molecule has 1 atom stereocenters. The lowest BCUT2D eigenvalue weighted by molar-refractivity contribution is -0.137. The molecule has 0 spiro atoms. The average Bonchev–Trinajstić information content (AvgIpc) is 2.70. The van der Waals surface area contributed by atoms with E-state index in [4.69, 9.17) is 5.11 Å². The van der Waals surface area contributed by atoms with Crippen LogP contribution in [-0.2, 0) is 22.4 Å². The van der Waals surface area contributed by atoms with E-state index in [2.05, 4.69) is 10.6 Å². The number of benzene rings is 1. The first-order chi connectivity index (χ1) is 8.51. The zero-order valence-corrected chi connectivity index (χ0v) is 10.4. The lowest BCUT2D eigenvalue weighted by Crippen LogP contribution is -2.26. The zero-order chi connectivity index (χ0) is 13.3. The van der Waals surface area contributed by atoms with Gasteiger partial charge in [-0.3, -0.25) is 4.79 Å². The number of hydrogen-bond acceptors (Lipinski definition) is 3. The quantitative estimate of drug-likeness (QED) is 0.759. The predicted molar refractivity (Wildman–Crippen MR) is 68.9 cm³/mol. The molecule has 1 aliphatic heterocycles. The van der Waals surface area contributed by atoms with E-state index in [1.54, 1.807) is 0 Å². The molecule has 1 heterocycles. The maximum atomic E-state index is 11.1. The van der Waals surface area contributed by atoms with E-state index < -0.39 is 12.0 Å². The summed E-state index contributed by atoms with van der Waals surface area (Å²) in [6.45, 7) is 3.46. The van der Waals surface area contributed by atoms with E-state index in [9.17, 15) is 9.59 Å². The van der Waals surface area contributed by atoms with Gasteiger partial charge in [0, 0.05) is 24.7 Å². The molecule has 0 aromatic heterocycles. The van der Waals surface area contributed by atoms with Gasteiger partial charge in [-0.25, -0.2) is 4.79 Å². The molecular formula is C13H16N2O3. The summed E-state index contributed by atoms with van der Waals surface area (Å²) in [5.41, 5.74) is 3.57. The number of aryl methyl sites for hydroxylation is 1. The lowest BCUT2D eigenvalue weighted by atomic mass is 10.0. The molecule has 0 fully saturated rings. The number of carboxylic acid groups (broad SMARTS) is 1. The molecule has 3 N–H and O–H groups in total. The van der Waals surface area contributed by atoms with Crippen molar-refractivity contribution >= 4 is 23.3 Å². The van der Waals surface area contributed by atoms with E-state index >= 15 is 0 Å². The molecule has 5 nitrogen and oxygen atoms in total. The minimum atomic E-state index is -0.856. The summed E-state index contributed by atoms with van der Waals surface area (Å²) >= 11 is 0. The third-order valence-electron chi connectivity index (χ3n) is 3.07. The van der Waals surface area contributed by atoms with E-state index in [1.807, 2.05) is 19.1 Å². The van der Waals surface area contributed by atoms with Crippen LogP contribution in [0.5, 0.6) is 0 Å². The first-order valence-electron chi connectivity index (χ1n) is 5.94. The summed E-state index contributed by atoms with van der Waals surface area (Å²) in [6.07, 6.45) is 1.28. The highest BCUT2D eigenvalue weighted by molar-refractivity contribution is 5.91. The van der Waals surface area contributed by atoms with Gasteiger partial charge in [-0.2, -0.15) is 0 Å². The van der Waals surface area contributed by atoms with Crippen molar-refractivity contribution in [2.75, 3.05) is 10.6 Å². The van der Waals surface area contributed by atoms with Crippen molar-refractivity contribution < 1.29 is 14.7 Å². The fraction of sp³-hybridized carbons (Fsp3) is 0.385. The summed E-state index contributed by atoms with van der Waals surface area (Å²) in [6, 6.07) is 3.21. The Bertz CT molecular complexity index is 511. The second-order valence-electron chi connectivity index (χ2n) is 4.44. The van der Waals surface area contributed by atoms with Crippen LogP contribution in [0.4, 0.5) is 11.4 Å². The molecule has 0 saturated heterocycles. The standard InChI is InChI=1S/C13H16N2O3/c1-3-8-4-9-5-12(13(17)18)15-11(9)6-10(8)14-7(2)16/h4,6,12,15H,3,5H2,1-2H3,(H,14,16)(H,17,18). The number of aliphatic carboxylic acids is 1. The molecule has 1 aromatic carbocycles. The van der Waals surface area contributed by atoms with Crippen LogP contribution < -0.4 is 10.6 Å². The number of hydrogen-bond donors (Lipinski definition) is 3. The van der Waals surface area contributed by atoms with Gasteiger partial charge in [-0.1, -0.05) is 13.0 Å². The molecule has 0 saturated carbocycles. The molecule has 1 aliphatic rings. The highest BCUT2D eigenvalue weighted by atomic mass is 16.4. The molecule has 1 amide bonds. The van der Waals surface area contributed by atoms with Gasteiger partial charge < -0.3 is 15.7 Å². The van der Waals surface area contributed by atoms with Gasteiger partial charge in [-0.05, 0) is 23.6 Å². The monoisotopic (exact) mass is 248 g/mol. The van der Waals surface area contributed by atoms with Crippen LogP contribution in [0, 0.1) is 0 Å². The highest BCUT2D eigenvalue weighted by Crippen LogP contribution is 2.32. The number of carboxylic acids is 1. The van der Waals surface area contributed by atoms with Crippen molar-refractivity contribution in [2.45, 2.75) is 32.7 Å². The topological polar surface area (TPSA) is 78.4 Å². The molecule has 0 aliphatic carbocycles. The Kier molecular flexibility index (Phi) is 3.23. The zero-order valence-electron chi connectivity index (χ0n) is 10.4. The van der Waals surface area contributed by atoms with Gasteiger partial charge in [0.2, 0.25) is 5.91 Å². The second kappa shape index (κ2) is 4.68. The Balaban J connectivity index is 2.34. The molecule has 0 radical (unpaired) electrons. The lowest BCUT2D eigenvalue weighted by Gasteiger charge is -2.11. The third kappa shape index (κ3) is 2.30. The first kappa shape index (κ1) is 12.4. The Morgan fingerprint density at radius 2 is 2.22 bits per heavy atom. The first-order valence-corrected chi connectivity index (χ1v) is 5.94. The van der Waals surface area contributed by atoms with Gasteiger partial charge in [-0.15, -0.1) is 0 Å². The normalized spacial score (nSPS) is 16.9. The Hall–Kier alpha value is -2.04. The van der Waals surface area contributed by atoms with Crippen LogP contribution in [0.2, 0.25) is 0 Å². The van der Waals surface area contributed by atoms with E-state index in [-0.39, 0.29) is 5.91 Å². The average molecular weight is 248 g/mol. The minimum absolute atomic E-state index is 0.127. The number of fused-ring (bicyclic) bond motifs is 1. The number of anilines is 2. The summed E-state index contributed by atoms with van der Waals surface area (Å²) in [5, 5.41) is 14.7. The number of amides is 1. The summed E-state index contributed by atoms with van der Waals surface area (Å²) < 4.78 is 0. The van der Waals surface area contributed by atoms with Crippen LogP contribution in [-0.4, -0.2) is 23.0 Å². The predicted octanol–water partition coefficient (Wildman–Crippen LogP) is 1.63. The van der Waals surface area contributed by atoms with Crippen molar-refractivity contribution in [3.63, 3.8) is 0 Å². The van der Waals surface area contributed by atoms with Crippen LogP contribution in [0.3, 0.4) is 0 Å². The smallest absolute Gasteiger partial charge is 0.326 e. The van der Waals surface area contributed by atoms with Crippen LogP contribution in [0.1, 0.15) is 25.0 Å². The minimum Gasteiger partial charge on any atom is -0.480 e. The van der Waals surface area contributed by atoms with Crippen LogP contribution in [0.15, 0.2) is 12.1 Å². The van der Waals surface area contributed by atoms with Crippen molar-refractivity contribution in [2.24, 2.45) is 0 Å². The van der Waals surface area contributed by atoms with Crippen LogP contribution in [0.25, 0.3) is 0 Å². The SMILES string of the molecule is CCc1cc2c(cc1NC(C)=O)NC(C(=O)O)C2. The third-order valence-corrected chi connectivity index (χ3v) is 3.07. The van der Waals surface area contributed by atoms with Crippen molar-refractivity contribution in [1.82, 2.24) is 0 Å². The molecule has 0 bridgehead atoms. The fourth-order valence-electron chi connectivity index (χ4n) is 2.21. The van der Waals surface area contributed by atoms with Crippen molar-refractivity contribution in [1.29, 1.82) is 0 Å². The van der Waals surface area contributed by atoms with E-state index in [0.717, 1.165) is 28.9 Å². The molecular weight excluding hydrogens is 232 g/mol. The maximum absolute atomic E-state index is 11.1. The summed E-state index contributed by atoms with van der Waals surface area (Å²) in [7, 11) is 0. The summed E-state index contributed by atoms with van der Waals surface area (Å²) in [4.78, 5) is 22.1. The van der Waals surface area contributed by atoms with E-state index in [0.29, 0.717) is 6.42 Å². The number of carbonyl (C=O) groups is 2. The molecule has 2 rings (SSSR count).